The molecule has 3 rings (SSSR count). The van der Waals surface area contributed by atoms with Crippen molar-refractivity contribution in [1.29, 1.82) is 0 Å². The van der Waals surface area contributed by atoms with Crippen LogP contribution in [0.5, 0.6) is 5.75 Å². The topological polar surface area (TPSA) is 42.0 Å². The Morgan fingerprint density at radius 1 is 1.21 bits per heavy atom. The van der Waals surface area contributed by atoms with Crippen molar-refractivity contribution in [3.05, 3.63) is 29.8 Å². The summed E-state index contributed by atoms with van der Waals surface area (Å²) >= 11 is 0. The van der Waals surface area contributed by atoms with Crippen molar-refractivity contribution in [3.8, 4) is 5.75 Å². The first-order valence-electron chi connectivity index (χ1n) is 8.69. The van der Waals surface area contributed by atoms with Crippen LogP contribution in [0.2, 0.25) is 0 Å². The fraction of sp³-hybridized carbons (Fsp3) is 0.632. The summed E-state index contributed by atoms with van der Waals surface area (Å²) in [4.78, 5) is 17.1. The Morgan fingerprint density at radius 2 is 1.88 bits per heavy atom. The molecular formula is C19H28N2O3. The molecule has 1 amide bonds. The molecule has 5 nitrogen and oxygen atoms in total. The molecular weight excluding hydrogens is 304 g/mol. The van der Waals surface area contributed by atoms with Crippen molar-refractivity contribution >= 4 is 5.91 Å². The number of benzene rings is 1. The van der Waals surface area contributed by atoms with Crippen molar-refractivity contribution < 1.29 is 14.3 Å². The Hall–Kier alpha value is -1.59. The molecule has 1 spiro atoms. The highest BCUT2D eigenvalue weighted by Crippen LogP contribution is 2.43. The fourth-order valence-electron chi connectivity index (χ4n) is 4.22. The average Bonchev–Trinajstić information content (AvgIpc) is 2.90. The van der Waals surface area contributed by atoms with Crippen LogP contribution in [-0.2, 0) is 4.74 Å². The zero-order valence-electron chi connectivity index (χ0n) is 15.0. The minimum Gasteiger partial charge on any atom is -0.497 e. The van der Waals surface area contributed by atoms with E-state index >= 15 is 0 Å². The number of ether oxygens (including phenoxy) is 2. The minimum atomic E-state index is 0.132. The van der Waals surface area contributed by atoms with Gasteiger partial charge in [-0.2, -0.15) is 0 Å². The van der Waals surface area contributed by atoms with E-state index in [0.717, 1.165) is 50.4 Å². The van der Waals surface area contributed by atoms with Crippen molar-refractivity contribution in [2.75, 3.05) is 47.5 Å². The Morgan fingerprint density at radius 3 is 2.46 bits per heavy atom. The number of hydrogen-bond donors (Lipinski definition) is 0. The number of likely N-dealkylation sites (tertiary alicyclic amines) is 2. The van der Waals surface area contributed by atoms with E-state index in [1.807, 2.05) is 29.2 Å². The van der Waals surface area contributed by atoms with E-state index in [4.69, 9.17) is 9.47 Å². The minimum absolute atomic E-state index is 0.132. The van der Waals surface area contributed by atoms with Crippen LogP contribution in [0.15, 0.2) is 24.3 Å². The molecule has 0 saturated carbocycles. The quantitative estimate of drug-likeness (QED) is 0.848. The van der Waals surface area contributed by atoms with Gasteiger partial charge in [0.05, 0.1) is 13.7 Å². The molecule has 132 valence electrons. The molecule has 2 heterocycles. The van der Waals surface area contributed by atoms with E-state index in [-0.39, 0.29) is 5.91 Å². The lowest BCUT2D eigenvalue weighted by Crippen LogP contribution is -2.44. The highest BCUT2D eigenvalue weighted by molar-refractivity contribution is 5.94. The number of piperidine rings is 1. The van der Waals surface area contributed by atoms with Crippen molar-refractivity contribution in [3.63, 3.8) is 0 Å². The number of methoxy groups -OCH3 is 2. The molecule has 0 radical (unpaired) electrons. The Kier molecular flexibility index (Phi) is 5.11. The normalized spacial score (nSPS) is 23.6. The number of hydrogen-bond acceptors (Lipinski definition) is 4. The second-order valence-corrected chi connectivity index (χ2v) is 7.25. The van der Waals surface area contributed by atoms with Crippen LogP contribution in [-0.4, -0.2) is 69.3 Å². The molecule has 2 aliphatic heterocycles. The SMILES string of the molecule is COC[C@@H]1CC2(CCN(C(=O)c3ccc(OC)cc3)CC2)CN1C. The van der Waals surface area contributed by atoms with E-state index in [1.165, 1.54) is 6.42 Å². The summed E-state index contributed by atoms with van der Waals surface area (Å²) < 4.78 is 10.5. The van der Waals surface area contributed by atoms with Gasteiger partial charge >= 0.3 is 0 Å². The van der Waals surface area contributed by atoms with Crippen molar-refractivity contribution in [2.24, 2.45) is 5.41 Å². The molecule has 0 unspecified atom stereocenters. The van der Waals surface area contributed by atoms with Crippen LogP contribution in [0.3, 0.4) is 0 Å². The first kappa shape index (κ1) is 17.2. The molecule has 2 saturated heterocycles. The summed E-state index contributed by atoms with van der Waals surface area (Å²) in [6.07, 6.45) is 3.35. The molecule has 0 N–H and O–H groups in total. The summed E-state index contributed by atoms with van der Waals surface area (Å²) in [7, 11) is 5.60. The number of likely N-dealkylation sites (N-methyl/N-ethyl adjacent to an activating group) is 1. The number of nitrogens with zero attached hydrogens (tertiary/aromatic N) is 2. The number of carbonyl (C=O) groups is 1. The van der Waals surface area contributed by atoms with Crippen LogP contribution in [0.25, 0.3) is 0 Å². The smallest absolute Gasteiger partial charge is 0.253 e. The molecule has 2 fully saturated rings. The third-order valence-electron chi connectivity index (χ3n) is 5.68. The second-order valence-electron chi connectivity index (χ2n) is 7.25. The van der Waals surface area contributed by atoms with Crippen LogP contribution < -0.4 is 4.74 Å². The third kappa shape index (κ3) is 3.42. The lowest BCUT2D eigenvalue weighted by molar-refractivity contribution is 0.0592. The maximum Gasteiger partial charge on any atom is 0.253 e. The van der Waals surface area contributed by atoms with Gasteiger partial charge in [-0.3, -0.25) is 4.79 Å². The molecule has 24 heavy (non-hydrogen) atoms. The fourth-order valence-corrected chi connectivity index (χ4v) is 4.22. The average molecular weight is 332 g/mol. The third-order valence-corrected chi connectivity index (χ3v) is 5.68. The monoisotopic (exact) mass is 332 g/mol. The largest absolute Gasteiger partial charge is 0.497 e. The molecule has 0 bridgehead atoms. The maximum atomic E-state index is 12.7. The standard InChI is InChI=1S/C19H28N2O3/c1-20-14-19(12-16(20)13-23-2)8-10-21(11-9-19)18(22)15-4-6-17(24-3)7-5-15/h4-7,16H,8-14H2,1-3H3/t16-/m0/s1. The van der Waals surface area contributed by atoms with Gasteiger partial charge < -0.3 is 19.3 Å². The summed E-state index contributed by atoms with van der Waals surface area (Å²) in [6.45, 7) is 3.61. The summed E-state index contributed by atoms with van der Waals surface area (Å²) in [5.41, 5.74) is 1.10. The predicted molar refractivity (Wildman–Crippen MR) is 93.5 cm³/mol. The number of carbonyl (C=O) groups excluding carboxylic acids is 1. The van der Waals surface area contributed by atoms with Crippen LogP contribution >= 0.6 is 0 Å². The van der Waals surface area contributed by atoms with E-state index in [2.05, 4.69) is 11.9 Å². The molecule has 2 aliphatic rings. The predicted octanol–water partition coefficient (Wildman–Crippen LogP) is 2.27. The van der Waals surface area contributed by atoms with E-state index < -0.39 is 0 Å². The lowest BCUT2D eigenvalue weighted by atomic mass is 9.76. The number of rotatable bonds is 4. The van der Waals surface area contributed by atoms with Gasteiger partial charge in [0.1, 0.15) is 5.75 Å². The molecule has 0 aromatic heterocycles. The van der Waals surface area contributed by atoms with Gasteiger partial charge in [-0.05, 0) is 56.0 Å². The Balaban J connectivity index is 1.59. The highest BCUT2D eigenvalue weighted by Gasteiger charge is 2.44. The van der Waals surface area contributed by atoms with Gasteiger partial charge in [-0.1, -0.05) is 0 Å². The van der Waals surface area contributed by atoms with Gasteiger partial charge in [-0.15, -0.1) is 0 Å². The molecule has 1 atom stereocenters. The highest BCUT2D eigenvalue weighted by atomic mass is 16.5. The molecule has 0 aliphatic carbocycles. The van der Waals surface area contributed by atoms with Gasteiger partial charge in [0.2, 0.25) is 0 Å². The molecule has 5 heteroatoms. The van der Waals surface area contributed by atoms with Gasteiger partial charge in [0.15, 0.2) is 0 Å². The Labute approximate surface area is 144 Å². The van der Waals surface area contributed by atoms with Gasteiger partial charge in [0, 0.05) is 38.3 Å². The first-order chi connectivity index (χ1) is 11.6. The maximum absolute atomic E-state index is 12.7. The zero-order chi connectivity index (χ0) is 17.2. The molecule has 1 aromatic rings. The van der Waals surface area contributed by atoms with Crippen molar-refractivity contribution in [1.82, 2.24) is 9.80 Å². The summed E-state index contributed by atoms with van der Waals surface area (Å²) in [5, 5.41) is 0. The van der Waals surface area contributed by atoms with Crippen LogP contribution in [0.4, 0.5) is 0 Å². The Bertz CT molecular complexity index is 564. The zero-order valence-corrected chi connectivity index (χ0v) is 15.0. The second kappa shape index (κ2) is 7.11. The van der Waals surface area contributed by atoms with Crippen LogP contribution in [0, 0.1) is 5.41 Å². The van der Waals surface area contributed by atoms with Gasteiger partial charge in [0.25, 0.3) is 5.91 Å². The van der Waals surface area contributed by atoms with E-state index in [0.29, 0.717) is 11.5 Å². The van der Waals surface area contributed by atoms with Gasteiger partial charge in [-0.25, -0.2) is 0 Å². The molecule has 1 aromatic carbocycles. The van der Waals surface area contributed by atoms with Crippen molar-refractivity contribution in [2.45, 2.75) is 25.3 Å². The number of amides is 1. The van der Waals surface area contributed by atoms with E-state index in [9.17, 15) is 4.79 Å². The summed E-state index contributed by atoms with van der Waals surface area (Å²) in [6, 6.07) is 7.91. The first-order valence-corrected chi connectivity index (χ1v) is 8.69. The van der Waals surface area contributed by atoms with Crippen LogP contribution in [0.1, 0.15) is 29.6 Å². The van der Waals surface area contributed by atoms with E-state index in [1.54, 1.807) is 14.2 Å². The summed E-state index contributed by atoms with van der Waals surface area (Å²) in [5.74, 6) is 0.912. The lowest BCUT2D eigenvalue weighted by Gasteiger charge is -2.39.